The van der Waals surface area contributed by atoms with Gasteiger partial charge in [-0.05, 0) is 30.7 Å². The van der Waals surface area contributed by atoms with E-state index in [1.165, 1.54) is 5.56 Å². The Bertz CT molecular complexity index is 757. The van der Waals surface area contributed by atoms with Crippen molar-refractivity contribution in [2.75, 3.05) is 5.73 Å². The third-order valence-corrected chi connectivity index (χ3v) is 3.93. The Hall–Kier alpha value is -2.29. The summed E-state index contributed by atoms with van der Waals surface area (Å²) in [5.74, 6) is 1.47. The molecule has 1 unspecified atom stereocenters. The third-order valence-electron chi connectivity index (χ3n) is 3.93. The van der Waals surface area contributed by atoms with Gasteiger partial charge in [-0.15, -0.1) is 0 Å². The van der Waals surface area contributed by atoms with Crippen LogP contribution in [0, 0.1) is 0 Å². The SMILES string of the molecule is CC(C)c1nc2cc(N)ccc2n1C(C)c1ccccc1. The molecule has 0 fully saturated rings. The quantitative estimate of drug-likeness (QED) is 0.724. The molecule has 2 N–H and O–H groups in total. The Labute approximate surface area is 125 Å². The average molecular weight is 279 g/mol. The van der Waals surface area contributed by atoms with Gasteiger partial charge in [-0.1, -0.05) is 44.2 Å². The molecule has 3 aromatic rings. The Balaban J connectivity index is 2.22. The molecule has 1 atom stereocenters. The molecule has 3 nitrogen and oxygen atoms in total. The summed E-state index contributed by atoms with van der Waals surface area (Å²) in [5, 5.41) is 0. The maximum Gasteiger partial charge on any atom is 0.113 e. The first-order valence-corrected chi connectivity index (χ1v) is 7.40. The van der Waals surface area contributed by atoms with Crippen LogP contribution in [0.25, 0.3) is 11.0 Å². The van der Waals surface area contributed by atoms with Crippen molar-refractivity contribution in [3.63, 3.8) is 0 Å². The minimum absolute atomic E-state index is 0.247. The van der Waals surface area contributed by atoms with Crippen molar-refractivity contribution in [3.05, 3.63) is 59.9 Å². The number of hydrogen-bond acceptors (Lipinski definition) is 2. The highest BCUT2D eigenvalue weighted by molar-refractivity contribution is 5.80. The van der Waals surface area contributed by atoms with Gasteiger partial charge >= 0.3 is 0 Å². The average Bonchev–Trinajstić information content (AvgIpc) is 2.86. The molecule has 0 spiro atoms. The molecule has 21 heavy (non-hydrogen) atoms. The first kappa shape index (κ1) is 13.7. The van der Waals surface area contributed by atoms with Crippen LogP contribution in [0.4, 0.5) is 5.69 Å². The predicted octanol–water partition coefficient (Wildman–Crippen LogP) is 4.35. The number of anilines is 1. The molecule has 0 aliphatic rings. The van der Waals surface area contributed by atoms with E-state index in [-0.39, 0.29) is 6.04 Å². The molecule has 108 valence electrons. The summed E-state index contributed by atoms with van der Waals surface area (Å²) in [5.41, 5.74) is 10.1. The molecule has 3 rings (SSSR count). The van der Waals surface area contributed by atoms with Gasteiger partial charge in [-0.25, -0.2) is 4.98 Å². The van der Waals surface area contributed by atoms with Crippen molar-refractivity contribution in [1.82, 2.24) is 9.55 Å². The van der Waals surface area contributed by atoms with E-state index >= 15 is 0 Å². The molecule has 0 aliphatic carbocycles. The second kappa shape index (κ2) is 5.24. The fraction of sp³-hybridized carbons (Fsp3) is 0.278. The van der Waals surface area contributed by atoms with Crippen LogP contribution in [0.15, 0.2) is 48.5 Å². The van der Waals surface area contributed by atoms with Crippen LogP contribution in [0.1, 0.15) is 44.1 Å². The first-order valence-electron chi connectivity index (χ1n) is 7.40. The first-order chi connectivity index (χ1) is 10.1. The molecule has 0 radical (unpaired) electrons. The molecule has 2 aromatic carbocycles. The Kier molecular flexibility index (Phi) is 3.42. The summed E-state index contributed by atoms with van der Waals surface area (Å²) in [6.45, 7) is 6.58. The number of nitrogens with zero attached hydrogens (tertiary/aromatic N) is 2. The Morgan fingerprint density at radius 3 is 2.38 bits per heavy atom. The smallest absolute Gasteiger partial charge is 0.113 e. The van der Waals surface area contributed by atoms with Crippen molar-refractivity contribution in [1.29, 1.82) is 0 Å². The molecule has 0 amide bonds. The molecule has 3 heteroatoms. The fourth-order valence-electron chi connectivity index (χ4n) is 2.83. The Morgan fingerprint density at radius 2 is 1.71 bits per heavy atom. The highest BCUT2D eigenvalue weighted by Gasteiger charge is 2.19. The van der Waals surface area contributed by atoms with E-state index in [2.05, 4.69) is 55.7 Å². The highest BCUT2D eigenvalue weighted by Crippen LogP contribution is 2.30. The lowest BCUT2D eigenvalue weighted by atomic mass is 10.1. The van der Waals surface area contributed by atoms with Gasteiger partial charge in [0.25, 0.3) is 0 Å². The number of rotatable bonds is 3. The normalized spacial score (nSPS) is 13.0. The molecule has 0 bridgehead atoms. The Morgan fingerprint density at radius 1 is 1.00 bits per heavy atom. The standard InChI is InChI=1S/C18H21N3/c1-12(2)18-20-16-11-15(19)9-10-17(16)21(18)13(3)14-7-5-4-6-8-14/h4-13H,19H2,1-3H3. The molecule has 1 heterocycles. The number of aromatic nitrogens is 2. The zero-order chi connectivity index (χ0) is 15.0. The van der Waals surface area contributed by atoms with E-state index in [9.17, 15) is 0 Å². The zero-order valence-electron chi connectivity index (χ0n) is 12.7. The van der Waals surface area contributed by atoms with Crippen molar-refractivity contribution < 1.29 is 0 Å². The fourth-order valence-corrected chi connectivity index (χ4v) is 2.83. The van der Waals surface area contributed by atoms with Gasteiger partial charge < -0.3 is 10.3 Å². The minimum atomic E-state index is 0.247. The molecule has 0 aliphatic heterocycles. The molecule has 1 aromatic heterocycles. The van der Waals surface area contributed by atoms with E-state index in [1.54, 1.807) is 0 Å². The number of hydrogen-bond donors (Lipinski definition) is 1. The van der Waals surface area contributed by atoms with E-state index in [0.29, 0.717) is 5.92 Å². The van der Waals surface area contributed by atoms with Gasteiger partial charge in [0.15, 0.2) is 0 Å². The highest BCUT2D eigenvalue weighted by atomic mass is 15.1. The van der Waals surface area contributed by atoms with Crippen molar-refractivity contribution in [3.8, 4) is 0 Å². The van der Waals surface area contributed by atoms with E-state index in [0.717, 1.165) is 22.5 Å². The largest absolute Gasteiger partial charge is 0.399 e. The number of nitrogen functional groups attached to an aromatic ring is 1. The zero-order valence-corrected chi connectivity index (χ0v) is 12.7. The van der Waals surface area contributed by atoms with Crippen LogP contribution in [0.5, 0.6) is 0 Å². The number of nitrogens with two attached hydrogens (primary N) is 1. The van der Waals surface area contributed by atoms with Gasteiger partial charge in [-0.3, -0.25) is 0 Å². The minimum Gasteiger partial charge on any atom is -0.399 e. The lowest BCUT2D eigenvalue weighted by Crippen LogP contribution is -2.11. The predicted molar refractivity (Wildman–Crippen MR) is 88.5 cm³/mol. The topological polar surface area (TPSA) is 43.8 Å². The summed E-state index contributed by atoms with van der Waals surface area (Å²) in [6, 6.07) is 16.8. The van der Waals surface area contributed by atoms with Crippen molar-refractivity contribution >= 4 is 16.7 Å². The summed E-state index contributed by atoms with van der Waals surface area (Å²) in [6.07, 6.45) is 0. The summed E-state index contributed by atoms with van der Waals surface area (Å²) >= 11 is 0. The van der Waals surface area contributed by atoms with Gasteiger partial charge in [-0.2, -0.15) is 0 Å². The summed E-state index contributed by atoms with van der Waals surface area (Å²) in [7, 11) is 0. The number of benzene rings is 2. The molecular weight excluding hydrogens is 258 g/mol. The lowest BCUT2D eigenvalue weighted by molar-refractivity contribution is 0.593. The van der Waals surface area contributed by atoms with E-state index in [1.807, 2.05) is 18.2 Å². The maximum atomic E-state index is 5.90. The molecule has 0 saturated carbocycles. The van der Waals surface area contributed by atoms with Gasteiger partial charge in [0.2, 0.25) is 0 Å². The van der Waals surface area contributed by atoms with Gasteiger partial charge in [0.05, 0.1) is 17.1 Å². The second-order valence-electron chi connectivity index (χ2n) is 5.83. The van der Waals surface area contributed by atoms with Gasteiger partial charge in [0, 0.05) is 11.6 Å². The summed E-state index contributed by atoms with van der Waals surface area (Å²) < 4.78 is 2.33. The maximum absolute atomic E-state index is 5.90. The number of imidazole rings is 1. The molecular formula is C18H21N3. The van der Waals surface area contributed by atoms with E-state index in [4.69, 9.17) is 10.7 Å². The van der Waals surface area contributed by atoms with Crippen LogP contribution in [-0.2, 0) is 0 Å². The van der Waals surface area contributed by atoms with E-state index < -0.39 is 0 Å². The van der Waals surface area contributed by atoms with Crippen LogP contribution in [0.3, 0.4) is 0 Å². The van der Waals surface area contributed by atoms with Crippen LogP contribution < -0.4 is 5.73 Å². The van der Waals surface area contributed by atoms with Crippen LogP contribution >= 0.6 is 0 Å². The van der Waals surface area contributed by atoms with Crippen LogP contribution in [0.2, 0.25) is 0 Å². The van der Waals surface area contributed by atoms with Gasteiger partial charge in [0.1, 0.15) is 5.82 Å². The van der Waals surface area contributed by atoms with Crippen molar-refractivity contribution in [2.45, 2.75) is 32.7 Å². The summed E-state index contributed by atoms with van der Waals surface area (Å²) in [4.78, 5) is 4.80. The number of fused-ring (bicyclic) bond motifs is 1. The van der Waals surface area contributed by atoms with Crippen molar-refractivity contribution in [2.24, 2.45) is 0 Å². The van der Waals surface area contributed by atoms with Crippen LogP contribution in [-0.4, -0.2) is 9.55 Å². The molecule has 0 saturated heterocycles. The third kappa shape index (κ3) is 2.40. The lowest BCUT2D eigenvalue weighted by Gasteiger charge is -2.19. The second-order valence-corrected chi connectivity index (χ2v) is 5.83. The monoisotopic (exact) mass is 279 g/mol.